The first-order chi connectivity index (χ1) is 9.53. The Morgan fingerprint density at radius 2 is 1.60 bits per heavy atom. The summed E-state index contributed by atoms with van der Waals surface area (Å²) in [6.07, 6.45) is 0. The quantitative estimate of drug-likeness (QED) is 0.739. The van der Waals surface area contributed by atoms with Crippen LogP contribution in [0, 0.1) is 0 Å². The molecule has 2 aromatic rings. The lowest BCUT2D eigenvalue weighted by Crippen LogP contribution is -2.34. The molecular formula is C14H12ClN2O2P. The fraction of sp³-hybridized carbons (Fsp3) is 0.0714. The molecule has 1 aliphatic heterocycles. The van der Waals surface area contributed by atoms with Gasteiger partial charge in [-0.05, 0) is 35.5 Å². The Labute approximate surface area is 121 Å². The number of carbonyl (C=O) groups excluding carboxylic acids is 1. The fourth-order valence-corrected chi connectivity index (χ4v) is 4.41. The Morgan fingerprint density at radius 3 is 2.30 bits per heavy atom. The Kier molecular flexibility index (Phi) is 3.08. The van der Waals surface area contributed by atoms with Crippen LogP contribution < -0.4 is 4.67 Å². The number of amides is 1. The standard InChI is InChI=1S/C14H12ClN2O2P/c1-16-14(18)12-9-5-6-10-13(12)17(20(16,15)19)11-7-3-2-4-8-11/h2-10H,1H3. The van der Waals surface area contributed by atoms with Crippen molar-refractivity contribution in [3.63, 3.8) is 0 Å². The van der Waals surface area contributed by atoms with Gasteiger partial charge in [-0.2, -0.15) is 0 Å². The normalized spacial score (nSPS) is 21.8. The molecule has 0 saturated carbocycles. The fourth-order valence-electron chi connectivity index (χ4n) is 2.24. The van der Waals surface area contributed by atoms with Crippen molar-refractivity contribution in [1.82, 2.24) is 4.67 Å². The van der Waals surface area contributed by atoms with Crippen LogP contribution in [-0.2, 0) is 4.57 Å². The molecule has 0 spiro atoms. The summed E-state index contributed by atoms with van der Waals surface area (Å²) in [5.74, 6) is -0.328. The zero-order chi connectivity index (χ0) is 14.3. The van der Waals surface area contributed by atoms with Gasteiger partial charge in [-0.1, -0.05) is 30.3 Å². The van der Waals surface area contributed by atoms with E-state index in [0.29, 0.717) is 16.9 Å². The van der Waals surface area contributed by atoms with E-state index in [1.807, 2.05) is 30.3 Å². The average Bonchev–Trinajstić information content (AvgIpc) is 2.46. The highest BCUT2D eigenvalue weighted by Crippen LogP contribution is 2.65. The molecule has 0 bridgehead atoms. The Morgan fingerprint density at radius 1 is 1.00 bits per heavy atom. The van der Waals surface area contributed by atoms with Crippen molar-refractivity contribution in [3.05, 3.63) is 60.2 Å². The first-order valence-corrected chi connectivity index (χ1v) is 8.58. The summed E-state index contributed by atoms with van der Waals surface area (Å²) in [5, 5.41) is 0. The van der Waals surface area contributed by atoms with Crippen LogP contribution in [0.15, 0.2) is 54.6 Å². The molecule has 1 unspecified atom stereocenters. The van der Waals surface area contributed by atoms with Gasteiger partial charge in [0.2, 0.25) is 0 Å². The number of para-hydroxylation sites is 2. The molecule has 3 rings (SSSR count). The summed E-state index contributed by atoms with van der Waals surface area (Å²) in [6, 6.07) is 16.2. The lowest BCUT2D eigenvalue weighted by atomic mass is 10.1. The molecule has 1 aliphatic rings. The van der Waals surface area contributed by atoms with Crippen LogP contribution in [0.4, 0.5) is 11.4 Å². The highest BCUT2D eigenvalue weighted by Gasteiger charge is 2.44. The summed E-state index contributed by atoms with van der Waals surface area (Å²) >= 11 is 6.23. The number of hydrogen-bond donors (Lipinski definition) is 0. The number of carbonyl (C=O) groups is 1. The molecular weight excluding hydrogens is 295 g/mol. The van der Waals surface area contributed by atoms with E-state index >= 15 is 0 Å². The topological polar surface area (TPSA) is 40.6 Å². The second kappa shape index (κ2) is 4.65. The minimum absolute atomic E-state index is 0.328. The highest BCUT2D eigenvalue weighted by molar-refractivity contribution is 7.89. The average molecular weight is 307 g/mol. The number of nitrogens with zero attached hydrogens (tertiary/aromatic N) is 2. The van der Waals surface area contributed by atoms with Crippen molar-refractivity contribution in [2.75, 3.05) is 11.7 Å². The van der Waals surface area contributed by atoms with Gasteiger partial charge in [-0.15, -0.1) is 0 Å². The van der Waals surface area contributed by atoms with Crippen molar-refractivity contribution < 1.29 is 9.36 Å². The number of halogens is 1. The highest BCUT2D eigenvalue weighted by atomic mass is 35.7. The molecule has 4 nitrogen and oxygen atoms in total. The van der Waals surface area contributed by atoms with E-state index in [1.54, 1.807) is 24.3 Å². The van der Waals surface area contributed by atoms with Crippen molar-refractivity contribution >= 4 is 35.3 Å². The monoisotopic (exact) mass is 306 g/mol. The number of anilines is 2. The summed E-state index contributed by atoms with van der Waals surface area (Å²) in [7, 11) is 1.46. The van der Waals surface area contributed by atoms with E-state index in [9.17, 15) is 9.36 Å². The van der Waals surface area contributed by atoms with E-state index in [1.165, 1.54) is 11.7 Å². The number of benzene rings is 2. The van der Waals surface area contributed by atoms with Gasteiger partial charge in [-0.3, -0.25) is 18.7 Å². The first kappa shape index (κ1) is 13.2. The van der Waals surface area contributed by atoms with E-state index < -0.39 is 6.80 Å². The SMILES string of the molecule is CN1C(=O)c2ccccc2N(c2ccccc2)P1(=O)Cl. The van der Waals surface area contributed by atoms with Gasteiger partial charge in [0.1, 0.15) is 0 Å². The third-order valence-electron chi connectivity index (χ3n) is 3.27. The van der Waals surface area contributed by atoms with Crippen LogP contribution in [0.25, 0.3) is 0 Å². The number of fused-ring (bicyclic) bond motifs is 1. The number of rotatable bonds is 1. The van der Waals surface area contributed by atoms with Gasteiger partial charge in [0, 0.05) is 7.05 Å². The van der Waals surface area contributed by atoms with Gasteiger partial charge in [-0.25, -0.2) is 0 Å². The maximum Gasteiger partial charge on any atom is 0.359 e. The third-order valence-corrected chi connectivity index (χ3v) is 6.27. The molecule has 1 amide bonds. The lowest BCUT2D eigenvalue weighted by Gasteiger charge is -2.39. The van der Waals surface area contributed by atoms with Crippen molar-refractivity contribution in [3.8, 4) is 0 Å². The second-order valence-electron chi connectivity index (χ2n) is 4.47. The third kappa shape index (κ3) is 1.84. The Balaban J connectivity index is 2.29. The largest absolute Gasteiger partial charge is 0.359 e. The van der Waals surface area contributed by atoms with Gasteiger partial charge in [0.25, 0.3) is 5.91 Å². The molecule has 0 radical (unpaired) electrons. The molecule has 2 aromatic carbocycles. The van der Waals surface area contributed by atoms with E-state index in [-0.39, 0.29) is 5.91 Å². The van der Waals surface area contributed by atoms with Gasteiger partial charge >= 0.3 is 6.80 Å². The molecule has 0 N–H and O–H groups in total. The predicted molar refractivity (Wildman–Crippen MR) is 80.6 cm³/mol. The van der Waals surface area contributed by atoms with Crippen LogP contribution in [0.5, 0.6) is 0 Å². The zero-order valence-corrected chi connectivity index (χ0v) is 12.4. The van der Waals surface area contributed by atoms with Crippen LogP contribution in [0.2, 0.25) is 0 Å². The smallest absolute Gasteiger partial charge is 0.269 e. The van der Waals surface area contributed by atoms with Crippen molar-refractivity contribution in [2.24, 2.45) is 0 Å². The molecule has 0 aromatic heterocycles. The Bertz CT molecular complexity index is 720. The zero-order valence-electron chi connectivity index (χ0n) is 10.7. The van der Waals surface area contributed by atoms with Crippen molar-refractivity contribution in [1.29, 1.82) is 0 Å². The minimum atomic E-state index is -3.51. The molecule has 1 heterocycles. The number of hydrogen-bond acceptors (Lipinski definition) is 2. The van der Waals surface area contributed by atoms with Crippen LogP contribution in [0.1, 0.15) is 10.4 Å². The maximum absolute atomic E-state index is 12.9. The first-order valence-electron chi connectivity index (χ1n) is 6.06. The van der Waals surface area contributed by atoms with Gasteiger partial charge < -0.3 is 0 Å². The predicted octanol–water partition coefficient (Wildman–Crippen LogP) is 4.26. The van der Waals surface area contributed by atoms with Crippen LogP contribution in [0.3, 0.4) is 0 Å². The molecule has 0 fully saturated rings. The molecule has 1 atom stereocenters. The van der Waals surface area contributed by atoms with Crippen LogP contribution >= 0.6 is 18.0 Å². The van der Waals surface area contributed by atoms with Crippen LogP contribution in [-0.4, -0.2) is 17.6 Å². The van der Waals surface area contributed by atoms with Gasteiger partial charge in [0.15, 0.2) is 0 Å². The van der Waals surface area contributed by atoms with E-state index in [4.69, 9.17) is 11.2 Å². The molecule has 6 heteroatoms. The lowest BCUT2D eigenvalue weighted by molar-refractivity contribution is 0.0880. The Hall–Kier alpha value is -1.77. The second-order valence-corrected chi connectivity index (χ2v) is 7.73. The maximum atomic E-state index is 12.9. The molecule has 20 heavy (non-hydrogen) atoms. The molecule has 0 saturated heterocycles. The summed E-state index contributed by atoms with van der Waals surface area (Å²) < 4.78 is 15.5. The molecule has 0 aliphatic carbocycles. The summed E-state index contributed by atoms with van der Waals surface area (Å²) in [5.41, 5.74) is 1.75. The summed E-state index contributed by atoms with van der Waals surface area (Å²) in [4.78, 5) is 12.3. The molecule has 102 valence electrons. The van der Waals surface area contributed by atoms with E-state index in [0.717, 1.165) is 4.67 Å². The van der Waals surface area contributed by atoms with Crippen molar-refractivity contribution in [2.45, 2.75) is 0 Å². The minimum Gasteiger partial charge on any atom is -0.269 e. The van der Waals surface area contributed by atoms with Gasteiger partial charge in [0.05, 0.1) is 16.9 Å². The summed E-state index contributed by atoms with van der Waals surface area (Å²) in [6.45, 7) is -3.51. The van der Waals surface area contributed by atoms with E-state index in [2.05, 4.69) is 0 Å².